The van der Waals surface area contributed by atoms with Crippen molar-refractivity contribution in [2.45, 2.75) is 45.8 Å². The molecule has 22 heavy (non-hydrogen) atoms. The monoisotopic (exact) mass is 310 g/mol. The molecule has 1 amide bonds. The van der Waals surface area contributed by atoms with Gasteiger partial charge in [-0.3, -0.25) is 0 Å². The number of nitrogens with one attached hydrogen (secondary N) is 1. The summed E-state index contributed by atoms with van der Waals surface area (Å²) >= 11 is 0. The third kappa shape index (κ3) is 6.43. The molecule has 0 bridgehead atoms. The molecule has 0 radical (unpaired) electrons. The highest BCUT2D eigenvalue weighted by Crippen LogP contribution is 2.15. The van der Waals surface area contributed by atoms with E-state index in [1.54, 1.807) is 24.1 Å². The van der Waals surface area contributed by atoms with Crippen LogP contribution < -0.4 is 5.32 Å². The molecule has 0 aromatic heterocycles. The predicted octanol–water partition coefficient (Wildman–Crippen LogP) is 3.73. The third-order valence-electron chi connectivity index (χ3n) is 3.20. The second-order valence-corrected chi connectivity index (χ2v) is 6.45. The number of halogens is 1. The molecule has 0 aliphatic rings. The van der Waals surface area contributed by atoms with E-state index in [2.05, 4.69) is 5.32 Å². The van der Waals surface area contributed by atoms with E-state index in [0.29, 0.717) is 18.7 Å². The van der Waals surface area contributed by atoms with Gasteiger partial charge in [-0.1, -0.05) is 18.2 Å². The number of rotatable bonds is 6. The smallest absolute Gasteiger partial charge is 0.410 e. The summed E-state index contributed by atoms with van der Waals surface area (Å²) in [6.45, 7) is 8.74. The van der Waals surface area contributed by atoms with Gasteiger partial charge in [0, 0.05) is 25.2 Å². The fourth-order valence-corrected chi connectivity index (χ4v) is 2.00. The first-order chi connectivity index (χ1) is 10.2. The minimum atomic E-state index is -0.483. The number of benzene rings is 1. The highest BCUT2D eigenvalue weighted by molar-refractivity contribution is 5.67. The molecule has 124 valence electrons. The van der Waals surface area contributed by atoms with Gasteiger partial charge < -0.3 is 15.0 Å². The Morgan fingerprint density at radius 2 is 2.00 bits per heavy atom. The quantitative estimate of drug-likeness (QED) is 0.814. The van der Waals surface area contributed by atoms with Crippen LogP contribution in [0, 0.1) is 5.82 Å². The zero-order valence-corrected chi connectivity index (χ0v) is 14.1. The largest absolute Gasteiger partial charge is 0.444 e. The summed E-state index contributed by atoms with van der Waals surface area (Å²) in [5.41, 5.74) is 0.172. The highest BCUT2D eigenvalue weighted by Gasteiger charge is 2.19. The molecule has 0 aliphatic carbocycles. The van der Waals surface area contributed by atoms with Crippen molar-refractivity contribution in [3.05, 3.63) is 35.6 Å². The molecule has 1 rings (SSSR count). The van der Waals surface area contributed by atoms with Crippen LogP contribution in [0.15, 0.2) is 24.3 Å². The van der Waals surface area contributed by atoms with Crippen molar-refractivity contribution in [1.29, 1.82) is 0 Å². The third-order valence-corrected chi connectivity index (χ3v) is 3.20. The molecule has 0 heterocycles. The first-order valence-corrected chi connectivity index (χ1v) is 7.62. The topological polar surface area (TPSA) is 41.6 Å². The van der Waals surface area contributed by atoms with Crippen molar-refractivity contribution in [3.8, 4) is 0 Å². The Morgan fingerprint density at radius 3 is 2.59 bits per heavy atom. The molecule has 0 saturated heterocycles. The molecule has 1 unspecified atom stereocenters. The minimum Gasteiger partial charge on any atom is -0.444 e. The maximum Gasteiger partial charge on any atom is 0.410 e. The first-order valence-electron chi connectivity index (χ1n) is 7.62. The minimum absolute atomic E-state index is 0.0620. The summed E-state index contributed by atoms with van der Waals surface area (Å²) in [4.78, 5) is 13.3. The lowest BCUT2D eigenvalue weighted by atomic mass is 10.1. The molecule has 1 N–H and O–H groups in total. The number of carbonyl (C=O) groups excluding carboxylic acids is 1. The van der Waals surface area contributed by atoms with Crippen LogP contribution in [0.1, 0.15) is 45.7 Å². The van der Waals surface area contributed by atoms with Crippen molar-refractivity contribution < 1.29 is 13.9 Å². The highest BCUT2D eigenvalue weighted by atomic mass is 19.1. The number of ether oxygens (including phenoxy) is 1. The Bertz CT molecular complexity index is 486. The van der Waals surface area contributed by atoms with Gasteiger partial charge in [-0.25, -0.2) is 9.18 Å². The fourth-order valence-electron chi connectivity index (χ4n) is 2.00. The molecule has 4 nitrogen and oxygen atoms in total. The summed E-state index contributed by atoms with van der Waals surface area (Å²) in [6, 6.07) is 6.69. The van der Waals surface area contributed by atoms with Gasteiger partial charge in [0.2, 0.25) is 0 Å². The van der Waals surface area contributed by atoms with Gasteiger partial charge in [-0.05, 0) is 46.7 Å². The Labute approximate surface area is 132 Å². The first kappa shape index (κ1) is 18.4. The number of hydrogen-bond donors (Lipinski definition) is 1. The number of nitrogens with zero attached hydrogens (tertiary/aromatic N) is 1. The van der Waals surface area contributed by atoms with Gasteiger partial charge in [-0.15, -0.1) is 0 Å². The van der Waals surface area contributed by atoms with E-state index in [-0.39, 0.29) is 18.0 Å². The van der Waals surface area contributed by atoms with Gasteiger partial charge in [0.1, 0.15) is 11.4 Å². The van der Waals surface area contributed by atoms with E-state index in [9.17, 15) is 9.18 Å². The molecule has 0 spiro atoms. The van der Waals surface area contributed by atoms with Crippen molar-refractivity contribution in [2.24, 2.45) is 0 Å². The van der Waals surface area contributed by atoms with Crippen molar-refractivity contribution in [3.63, 3.8) is 0 Å². The van der Waals surface area contributed by atoms with Crippen molar-refractivity contribution in [2.75, 3.05) is 20.1 Å². The van der Waals surface area contributed by atoms with Crippen LogP contribution in [0.4, 0.5) is 9.18 Å². The summed E-state index contributed by atoms with van der Waals surface area (Å²) in [6.07, 6.45) is 0.448. The second kappa shape index (κ2) is 8.13. The zero-order chi connectivity index (χ0) is 16.8. The predicted molar refractivity (Wildman–Crippen MR) is 86.3 cm³/mol. The van der Waals surface area contributed by atoms with Crippen molar-refractivity contribution >= 4 is 6.09 Å². The second-order valence-electron chi connectivity index (χ2n) is 6.45. The molecule has 1 atom stereocenters. The van der Waals surface area contributed by atoms with E-state index >= 15 is 0 Å². The maximum atomic E-state index is 13.6. The molecule has 0 saturated carbocycles. The van der Waals surface area contributed by atoms with E-state index in [1.807, 2.05) is 33.8 Å². The lowest BCUT2D eigenvalue weighted by molar-refractivity contribution is 0.0297. The van der Waals surface area contributed by atoms with Gasteiger partial charge in [0.15, 0.2) is 0 Å². The fraction of sp³-hybridized carbons (Fsp3) is 0.588. The van der Waals surface area contributed by atoms with Crippen LogP contribution in [0.5, 0.6) is 0 Å². The molecule has 0 fully saturated rings. The number of carbonyl (C=O) groups is 1. The standard InChI is InChI=1S/C17H27FN2O2/c1-13(14-9-6-7-10-15(14)18)19-11-8-12-20(5)16(21)22-17(2,3)4/h6-7,9-10,13,19H,8,11-12H2,1-5H3. The number of hydrogen-bond acceptors (Lipinski definition) is 3. The molecule has 1 aromatic carbocycles. The van der Waals surface area contributed by atoms with Gasteiger partial charge in [-0.2, -0.15) is 0 Å². The summed E-state index contributed by atoms with van der Waals surface area (Å²) in [5, 5.41) is 3.26. The van der Waals surface area contributed by atoms with Crippen LogP contribution in [-0.2, 0) is 4.74 Å². The molecular formula is C17H27FN2O2. The van der Waals surface area contributed by atoms with Crippen LogP contribution in [0.2, 0.25) is 0 Å². The zero-order valence-electron chi connectivity index (χ0n) is 14.1. The van der Waals surface area contributed by atoms with E-state index in [1.165, 1.54) is 6.07 Å². The lowest BCUT2D eigenvalue weighted by Gasteiger charge is -2.24. The Hall–Kier alpha value is -1.62. The van der Waals surface area contributed by atoms with Gasteiger partial charge >= 0.3 is 6.09 Å². The maximum absolute atomic E-state index is 13.6. The van der Waals surface area contributed by atoms with Crippen LogP contribution >= 0.6 is 0 Å². The molecule has 5 heteroatoms. The average Bonchev–Trinajstić information content (AvgIpc) is 2.41. The molecular weight excluding hydrogens is 283 g/mol. The van der Waals surface area contributed by atoms with Crippen LogP contribution in [0.25, 0.3) is 0 Å². The van der Waals surface area contributed by atoms with Gasteiger partial charge in [0.05, 0.1) is 0 Å². The summed E-state index contributed by atoms with van der Waals surface area (Å²) in [5.74, 6) is -0.201. The van der Waals surface area contributed by atoms with Crippen molar-refractivity contribution in [1.82, 2.24) is 10.2 Å². The summed E-state index contributed by atoms with van der Waals surface area (Å²) < 4.78 is 18.9. The van der Waals surface area contributed by atoms with Gasteiger partial charge in [0.25, 0.3) is 0 Å². The Balaban J connectivity index is 2.30. The SMILES string of the molecule is CC(NCCCN(C)C(=O)OC(C)(C)C)c1ccccc1F. The lowest BCUT2D eigenvalue weighted by Crippen LogP contribution is -2.35. The Kier molecular flexibility index (Phi) is 6.81. The van der Waals surface area contributed by atoms with Crippen LogP contribution in [-0.4, -0.2) is 36.7 Å². The normalized spacial score (nSPS) is 12.8. The molecule has 0 aliphatic heterocycles. The average molecular weight is 310 g/mol. The Morgan fingerprint density at radius 1 is 1.36 bits per heavy atom. The van der Waals surface area contributed by atoms with E-state index in [4.69, 9.17) is 4.74 Å². The summed E-state index contributed by atoms with van der Waals surface area (Å²) in [7, 11) is 1.72. The van der Waals surface area contributed by atoms with E-state index in [0.717, 1.165) is 6.42 Å². The number of amides is 1. The molecule has 1 aromatic rings. The van der Waals surface area contributed by atoms with E-state index < -0.39 is 5.60 Å². The van der Waals surface area contributed by atoms with Crippen LogP contribution in [0.3, 0.4) is 0 Å².